The van der Waals surface area contributed by atoms with E-state index in [1.165, 1.54) is 6.07 Å². The number of nitrogens with two attached hydrogens (primary N) is 1. The fourth-order valence-corrected chi connectivity index (χ4v) is 2.10. The summed E-state index contributed by atoms with van der Waals surface area (Å²) >= 11 is 1.13. The van der Waals surface area contributed by atoms with E-state index < -0.39 is 36.1 Å². The third kappa shape index (κ3) is 3.70. The van der Waals surface area contributed by atoms with E-state index in [-0.39, 0.29) is 0 Å². The Morgan fingerprint density at radius 2 is 2.10 bits per heavy atom. The molecule has 1 amide bonds. The molecule has 0 fully saturated rings. The molecule has 1 heterocycles. The van der Waals surface area contributed by atoms with Crippen LogP contribution >= 0.6 is 11.3 Å². The van der Waals surface area contributed by atoms with Crippen molar-refractivity contribution in [2.24, 2.45) is 5.73 Å². The number of hydrogen-bond donors (Lipinski definition) is 3. The summed E-state index contributed by atoms with van der Waals surface area (Å²) in [6.45, 7) is 0.536. The van der Waals surface area contributed by atoms with Crippen LogP contribution in [0, 0.1) is 0 Å². The van der Waals surface area contributed by atoms with E-state index in [0.717, 1.165) is 11.3 Å². The highest BCUT2D eigenvalue weighted by Crippen LogP contribution is 2.30. The number of carbonyl (C=O) groups excluding carboxylic acids is 1. The van der Waals surface area contributed by atoms with Gasteiger partial charge in [-0.05, 0) is 18.4 Å². The van der Waals surface area contributed by atoms with Crippen molar-refractivity contribution in [2.45, 2.75) is 31.1 Å². The summed E-state index contributed by atoms with van der Waals surface area (Å²) in [6, 6.07) is 2.08. The number of rotatable bonds is 5. The Labute approximate surface area is 116 Å². The van der Waals surface area contributed by atoms with Crippen LogP contribution in [-0.2, 0) is 9.59 Å². The molecule has 0 radical (unpaired) electrons. The quantitative estimate of drug-likeness (QED) is 0.771. The molecule has 1 aromatic rings. The summed E-state index contributed by atoms with van der Waals surface area (Å²) < 4.78 is 37.9. The molecule has 5 nitrogen and oxygen atoms in total. The van der Waals surface area contributed by atoms with Crippen LogP contribution in [0.3, 0.4) is 0 Å². The van der Waals surface area contributed by atoms with Gasteiger partial charge in [0.2, 0.25) is 5.91 Å². The van der Waals surface area contributed by atoms with Gasteiger partial charge in [0.25, 0.3) is 0 Å². The minimum absolute atomic E-state index is 0.443. The van der Waals surface area contributed by atoms with Gasteiger partial charge in [-0.2, -0.15) is 13.2 Å². The molecule has 4 N–H and O–H groups in total. The number of halogens is 3. The highest BCUT2D eigenvalue weighted by molar-refractivity contribution is 7.10. The maximum atomic E-state index is 12.6. The summed E-state index contributed by atoms with van der Waals surface area (Å²) in [4.78, 5) is 22.8. The van der Waals surface area contributed by atoms with Crippen LogP contribution in [-0.4, -0.2) is 28.7 Å². The van der Waals surface area contributed by atoms with Gasteiger partial charge in [0.05, 0.1) is 12.5 Å². The summed E-state index contributed by atoms with van der Waals surface area (Å²) in [6.07, 6.45) is -5.46. The van der Waals surface area contributed by atoms with E-state index in [4.69, 9.17) is 10.8 Å². The van der Waals surface area contributed by atoms with E-state index in [1.807, 2.05) is 5.32 Å². The molecule has 0 spiro atoms. The Hall–Kier alpha value is -1.61. The van der Waals surface area contributed by atoms with E-state index in [9.17, 15) is 22.8 Å². The fourth-order valence-electron chi connectivity index (χ4n) is 1.32. The molecule has 0 aliphatic heterocycles. The van der Waals surface area contributed by atoms with Gasteiger partial charge in [0.15, 0.2) is 5.54 Å². The predicted octanol–water partition coefficient (Wildman–Crippen LogP) is 1.66. The summed E-state index contributed by atoms with van der Waals surface area (Å²) in [5.74, 6) is -2.71. The lowest BCUT2D eigenvalue weighted by Gasteiger charge is -2.28. The highest BCUT2D eigenvalue weighted by Gasteiger charge is 2.54. The average Bonchev–Trinajstić information content (AvgIpc) is 2.78. The number of carbonyl (C=O) groups is 2. The number of thiophene rings is 1. The van der Waals surface area contributed by atoms with Crippen molar-refractivity contribution in [3.05, 3.63) is 22.4 Å². The van der Waals surface area contributed by atoms with E-state index in [2.05, 4.69) is 0 Å². The maximum absolute atomic E-state index is 12.6. The first-order chi connectivity index (χ1) is 9.05. The highest BCUT2D eigenvalue weighted by atomic mass is 32.1. The number of aliphatic carboxylic acids is 1. The molecule has 9 heteroatoms. The Morgan fingerprint density at radius 3 is 2.50 bits per heavy atom. The van der Waals surface area contributed by atoms with Crippen molar-refractivity contribution in [3.63, 3.8) is 0 Å². The SMILES string of the molecule is CC(N)(C(=O)NC(CC(=O)O)c1cccs1)C(F)(F)F. The van der Waals surface area contributed by atoms with E-state index >= 15 is 0 Å². The number of nitrogens with one attached hydrogen (secondary N) is 1. The van der Waals surface area contributed by atoms with Crippen molar-refractivity contribution in [1.29, 1.82) is 0 Å². The molecular weight excluding hydrogens is 297 g/mol. The minimum Gasteiger partial charge on any atom is -0.481 e. The number of carboxylic acids is 1. The molecule has 2 atom stereocenters. The molecule has 0 bridgehead atoms. The van der Waals surface area contributed by atoms with Crippen molar-refractivity contribution >= 4 is 23.2 Å². The number of carboxylic acid groups (broad SMARTS) is 1. The van der Waals surface area contributed by atoms with Gasteiger partial charge >= 0.3 is 12.1 Å². The van der Waals surface area contributed by atoms with Crippen LogP contribution in [0.2, 0.25) is 0 Å². The van der Waals surface area contributed by atoms with E-state index in [1.54, 1.807) is 11.4 Å². The van der Waals surface area contributed by atoms with Crippen LogP contribution in [0.25, 0.3) is 0 Å². The second-order valence-electron chi connectivity index (χ2n) is 4.34. The Kier molecular flexibility index (Phi) is 4.77. The van der Waals surface area contributed by atoms with Gasteiger partial charge in [-0.15, -0.1) is 11.3 Å². The topological polar surface area (TPSA) is 92.4 Å². The standard InChI is InChI=1S/C11H13F3N2O3S/c1-10(15,11(12,13)14)9(19)16-6(5-8(17)18)7-3-2-4-20-7/h2-4,6H,5,15H2,1H3,(H,16,19)(H,17,18). The smallest absolute Gasteiger partial charge is 0.415 e. The fraction of sp³-hybridized carbons (Fsp3) is 0.455. The zero-order valence-corrected chi connectivity index (χ0v) is 11.2. The van der Waals surface area contributed by atoms with Crippen LogP contribution in [0.4, 0.5) is 13.2 Å². The lowest BCUT2D eigenvalue weighted by atomic mass is 10.0. The number of hydrogen-bond acceptors (Lipinski definition) is 4. The van der Waals surface area contributed by atoms with Crippen LogP contribution in [0.1, 0.15) is 24.3 Å². The normalized spacial score (nSPS) is 16.2. The Balaban J connectivity index is 2.91. The van der Waals surface area contributed by atoms with Gasteiger partial charge in [-0.25, -0.2) is 0 Å². The van der Waals surface area contributed by atoms with Crippen molar-refractivity contribution in [1.82, 2.24) is 5.32 Å². The lowest BCUT2D eigenvalue weighted by molar-refractivity contribution is -0.187. The molecule has 0 saturated carbocycles. The van der Waals surface area contributed by atoms with Crippen molar-refractivity contribution in [2.75, 3.05) is 0 Å². The van der Waals surface area contributed by atoms with Gasteiger partial charge in [-0.1, -0.05) is 6.07 Å². The minimum atomic E-state index is -4.93. The molecule has 20 heavy (non-hydrogen) atoms. The van der Waals surface area contributed by atoms with Crippen LogP contribution < -0.4 is 11.1 Å². The van der Waals surface area contributed by atoms with Crippen LogP contribution in [0.15, 0.2) is 17.5 Å². The molecule has 0 saturated heterocycles. The van der Waals surface area contributed by atoms with Gasteiger partial charge in [0, 0.05) is 4.88 Å². The lowest BCUT2D eigenvalue weighted by Crippen LogP contribution is -2.61. The molecule has 0 aliphatic rings. The largest absolute Gasteiger partial charge is 0.481 e. The predicted molar refractivity (Wildman–Crippen MR) is 66.1 cm³/mol. The summed E-state index contributed by atoms with van der Waals surface area (Å²) in [7, 11) is 0. The Morgan fingerprint density at radius 1 is 1.50 bits per heavy atom. The summed E-state index contributed by atoms with van der Waals surface area (Å²) in [5.41, 5.74) is 1.91. The van der Waals surface area contributed by atoms with E-state index in [0.29, 0.717) is 11.8 Å². The van der Waals surface area contributed by atoms with Crippen LogP contribution in [0.5, 0.6) is 0 Å². The van der Waals surface area contributed by atoms with Gasteiger partial charge < -0.3 is 16.2 Å². The van der Waals surface area contributed by atoms with Gasteiger partial charge in [-0.3, -0.25) is 9.59 Å². The molecule has 1 rings (SSSR count). The monoisotopic (exact) mass is 310 g/mol. The molecular formula is C11H13F3N2O3S. The number of amides is 1. The van der Waals surface area contributed by atoms with Crippen molar-refractivity contribution in [3.8, 4) is 0 Å². The maximum Gasteiger partial charge on any atom is 0.415 e. The third-order valence-corrected chi connectivity index (χ3v) is 3.62. The second-order valence-corrected chi connectivity index (χ2v) is 5.32. The average molecular weight is 310 g/mol. The molecule has 112 valence electrons. The summed E-state index contributed by atoms with van der Waals surface area (Å²) in [5, 5.41) is 12.4. The molecule has 0 aromatic carbocycles. The molecule has 2 unspecified atom stereocenters. The zero-order valence-electron chi connectivity index (χ0n) is 10.4. The Bertz CT molecular complexity index is 486. The number of alkyl halides is 3. The first-order valence-corrected chi connectivity index (χ1v) is 6.35. The first-order valence-electron chi connectivity index (χ1n) is 5.47. The third-order valence-electron chi connectivity index (χ3n) is 2.63. The first kappa shape index (κ1) is 16.4. The van der Waals surface area contributed by atoms with Gasteiger partial charge in [0.1, 0.15) is 0 Å². The zero-order chi connectivity index (χ0) is 15.6. The second kappa shape index (κ2) is 5.80. The van der Waals surface area contributed by atoms with Crippen molar-refractivity contribution < 1.29 is 27.9 Å². The molecule has 1 aromatic heterocycles. The molecule has 0 aliphatic carbocycles.